The molecule has 1 heterocycles. The summed E-state index contributed by atoms with van der Waals surface area (Å²) in [4.78, 5) is 25.1. The van der Waals surface area contributed by atoms with Crippen LogP contribution in [-0.4, -0.2) is 49.1 Å². The van der Waals surface area contributed by atoms with Crippen molar-refractivity contribution in [1.82, 2.24) is 15.5 Å². The number of piperidine rings is 1. The van der Waals surface area contributed by atoms with Crippen LogP contribution in [0, 0.1) is 0 Å². The Morgan fingerprint density at radius 1 is 1.22 bits per heavy atom. The minimum absolute atomic E-state index is 0.234. The normalized spacial score (nSPS) is 16.0. The molecule has 1 aromatic rings. The Labute approximate surface area is 137 Å². The second-order valence-corrected chi connectivity index (χ2v) is 5.68. The van der Waals surface area contributed by atoms with Gasteiger partial charge in [0.05, 0.1) is 19.3 Å². The van der Waals surface area contributed by atoms with Gasteiger partial charge in [-0.2, -0.15) is 0 Å². The van der Waals surface area contributed by atoms with Gasteiger partial charge in [-0.25, -0.2) is 4.79 Å². The van der Waals surface area contributed by atoms with E-state index in [0.717, 1.165) is 25.9 Å². The van der Waals surface area contributed by atoms with Crippen LogP contribution in [0.2, 0.25) is 0 Å². The average Bonchev–Trinajstić information content (AvgIpc) is 2.55. The number of rotatable bonds is 6. The summed E-state index contributed by atoms with van der Waals surface area (Å²) in [7, 11) is 0. The quantitative estimate of drug-likeness (QED) is 0.834. The Morgan fingerprint density at radius 3 is 2.57 bits per heavy atom. The number of ether oxygens (including phenoxy) is 1. The van der Waals surface area contributed by atoms with Crippen LogP contribution < -0.4 is 10.6 Å². The van der Waals surface area contributed by atoms with E-state index in [2.05, 4.69) is 27.7 Å². The smallest absolute Gasteiger partial charge is 0.321 e. The van der Waals surface area contributed by atoms with Crippen LogP contribution >= 0.6 is 0 Å². The summed E-state index contributed by atoms with van der Waals surface area (Å²) in [5, 5.41) is 4.87. The van der Waals surface area contributed by atoms with Crippen molar-refractivity contribution in [2.75, 3.05) is 26.2 Å². The highest BCUT2D eigenvalue weighted by Crippen LogP contribution is 2.15. The molecule has 1 aliphatic heterocycles. The highest BCUT2D eigenvalue weighted by molar-refractivity contribution is 5.95. The number of nitrogens with one attached hydrogen (secondary N) is 2. The molecule has 0 bridgehead atoms. The fourth-order valence-corrected chi connectivity index (χ4v) is 2.60. The SMILES string of the molecule is CCNC(=O)NC(=O)CN1CCC(OCc2ccccc2)CC1. The van der Waals surface area contributed by atoms with Crippen LogP contribution in [0.1, 0.15) is 25.3 Å². The topological polar surface area (TPSA) is 70.7 Å². The second kappa shape index (κ2) is 9.27. The first kappa shape index (κ1) is 17.4. The minimum Gasteiger partial charge on any atom is -0.373 e. The second-order valence-electron chi connectivity index (χ2n) is 5.68. The summed E-state index contributed by atoms with van der Waals surface area (Å²) in [6.45, 7) is 4.81. The van der Waals surface area contributed by atoms with Gasteiger partial charge in [-0.15, -0.1) is 0 Å². The third-order valence-electron chi connectivity index (χ3n) is 3.82. The summed E-state index contributed by atoms with van der Waals surface area (Å²) in [6, 6.07) is 9.69. The van der Waals surface area contributed by atoms with Crippen molar-refractivity contribution in [3.8, 4) is 0 Å². The predicted molar refractivity (Wildman–Crippen MR) is 87.9 cm³/mol. The summed E-state index contributed by atoms with van der Waals surface area (Å²) < 4.78 is 5.93. The van der Waals surface area contributed by atoms with Crippen LogP contribution in [-0.2, 0) is 16.1 Å². The molecule has 0 saturated carbocycles. The van der Waals surface area contributed by atoms with Crippen molar-refractivity contribution in [1.29, 1.82) is 0 Å². The number of carbonyl (C=O) groups excluding carboxylic acids is 2. The number of amides is 3. The summed E-state index contributed by atoms with van der Waals surface area (Å²) in [5.41, 5.74) is 1.18. The lowest BCUT2D eigenvalue weighted by molar-refractivity contribution is -0.121. The molecular formula is C17H25N3O3. The van der Waals surface area contributed by atoms with E-state index >= 15 is 0 Å². The van der Waals surface area contributed by atoms with E-state index in [1.807, 2.05) is 25.1 Å². The van der Waals surface area contributed by atoms with Crippen LogP contribution in [0.4, 0.5) is 4.79 Å². The number of benzene rings is 1. The molecular weight excluding hydrogens is 294 g/mol. The number of nitrogens with zero attached hydrogens (tertiary/aromatic N) is 1. The fourth-order valence-electron chi connectivity index (χ4n) is 2.60. The highest BCUT2D eigenvalue weighted by atomic mass is 16.5. The molecule has 1 saturated heterocycles. The predicted octanol–water partition coefficient (Wildman–Crippen LogP) is 1.51. The summed E-state index contributed by atoms with van der Waals surface area (Å²) in [5.74, 6) is -0.264. The number of imide groups is 1. The monoisotopic (exact) mass is 319 g/mol. The van der Waals surface area contributed by atoms with Crippen molar-refractivity contribution in [2.24, 2.45) is 0 Å². The molecule has 23 heavy (non-hydrogen) atoms. The van der Waals surface area contributed by atoms with E-state index in [9.17, 15) is 9.59 Å². The van der Waals surface area contributed by atoms with E-state index in [0.29, 0.717) is 13.2 Å². The van der Waals surface area contributed by atoms with E-state index in [1.54, 1.807) is 0 Å². The number of likely N-dealkylation sites (tertiary alicyclic amines) is 1. The van der Waals surface area contributed by atoms with Crippen LogP contribution in [0.25, 0.3) is 0 Å². The van der Waals surface area contributed by atoms with Gasteiger partial charge in [0.15, 0.2) is 0 Å². The third kappa shape index (κ3) is 6.38. The molecule has 2 N–H and O–H groups in total. The number of urea groups is 1. The lowest BCUT2D eigenvalue weighted by Gasteiger charge is -2.31. The number of hydrogen-bond acceptors (Lipinski definition) is 4. The molecule has 126 valence electrons. The van der Waals surface area contributed by atoms with E-state index in [-0.39, 0.29) is 18.6 Å². The van der Waals surface area contributed by atoms with Crippen LogP contribution in [0.5, 0.6) is 0 Å². The molecule has 1 fully saturated rings. The molecule has 6 nitrogen and oxygen atoms in total. The van der Waals surface area contributed by atoms with E-state index < -0.39 is 6.03 Å². The lowest BCUT2D eigenvalue weighted by atomic mass is 10.1. The zero-order chi connectivity index (χ0) is 16.5. The van der Waals surface area contributed by atoms with Crippen molar-refractivity contribution < 1.29 is 14.3 Å². The fraction of sp³-hybridized carbons (Fsp3) is 0.529. The maximum absolute atomic E-state index is 11.7. The Kier molecular flexibility index (Phi) is 7.03. The van der Waals surface area contributed by atoms with E-state index in [1.165, 1.54) is 5.56 Å². The van der Waals surface area contributed by atoms with Gasteiger partial charge in [0.25, 0.3) is 0 Å². The first-order valence-corrected chi connectivity index (χ1v) is 8.13. The molecule has 1 aromatic carbocycles. The van der Waals surface area contributed by atoms with Gasteiger partial charge in [-0.1, -0.05) is 30.3 Å². The van der Waals surface area contributed by atoms with Gasteiger partial charge in [-0.05, 0) is 25.3 Å². The number of carbonyl (C=O) groups is 2. The average molecular weight is 319 g/mol. The van der Waals surface area contributed by atoms with Gasteiger partial charge in [0.1, 0.15) is 0 Å². The maximum atomic E-state index is 11.7. The largest absolute Gasteiger partial charge is 0.373 e. The Bertz CT molecular complexity index is 499. The zero-order valence-corrected chi connectivity index (χ0v) is 13.6. The Balaban J connectivity index is 1.63. The Hall–Kier alpha value is -1.92. The van der Waals surface area contributed by atoms with Gasteiger partial charge in [0, 0.05) is 19.6 Å². The third-order valence-corrected chi connectivity index (χ3v) is 3.82. The van der Waals surface area contributed by atoms with Crippen molar-refractivity contribution in [2.45, 2.75) is 32.5 Å². The van der Waals surface area contributed by atoms with Gasteiger partial charge in [0.2, 0.25) is 5.91 Å². The molecule has 6 heteroatoms. The first-order chi connectivity index (χ1) is 11.2. The number of hydrogen-bond donors (Lipinski definition) is 2. The maximum Gasteiger partial charge on any atom is 0.321 e. The highest BCUT2D eigenvalue weighted by Gasteiger charge is 2.21. The molecule has 0 aliphatic carbocycles. The molecule has 3 amide bonds. The standard InChI is InChI=1S/C17H25N3O3/c1-2-18-17(22)19-16(21)12-20-10-8-15(9-11-20)23-13-14-6-4-3-5-7-14/h3-7,15H,2,8-13H2,1H3,(H2,18,19,21,22). The zero-order valence-electron chi connectivity index (χ0n) is 13.6. The molecule has 1 aliphatic rings. The molecule has 0 atom stereocenters. The van der Waals surface area contributed by atoms with Crippen LogP contribution in [0.3, 0.4) is 0 Å². The molecule has 0 spiro atoms. The van der Waals surface area contributed by atoms with Gasteiger partial charge >= 0.3 is 6.03 Å². The summed E-state index contributed by atoms with van der Waals surface area (Å²) in [6.07, 6.45) is 2.04. The molecule has 0 unspecified atom stereocenters. The molecule has 2 rings (SSSR count). The Morgan fingerprint density at radius 2 is 1.91 bits per heavy atom. The minimum atomic E-state index is -0.432. The van der Waals surface area contributed by atoms with Crippen molar-refractivity contribution in [3.63, 3.8) is 0 Å². The summed E-state index contributed by atoms with van der Waals surface area (Å²) >= 11 is 0. The molecule has 0 radical (unpaired) electrons. The van der Waals surface area contributed by atoms with Crippen LogP contribution in [0.15, 0.2) is 30.3 Å². The van der Waals surface area contributed by atoms with Crippen molar-refractivity contribution in [3.05, 3.63) is 35.9 Å². The first-order valence-electron chi connectivity index (χ1n) is 8.13. The van der Waals surface area contributed by atoms with Gasteiger partial charge in [-0.3, -0.25) is 15.0 Å². The molecule has 0 aromatic heterocycles. The van der Waals surface area contributed by atoms with E-state index in [4.69, 9.17) is 4.74 Å². The van der Waals surface area contributed by atoms with Crippen molar-refractivity contribution >= 4 is 11.9 Å². The lowest BCUT2D eigenvalue weighted by Crippen LogP contribution is -2.47. The van der Waals surface area contributed by atoms with Gasteiger partial charge < -0.3 is 10.1 Å².